The highest BCUT2D eigenvalue weighted by molar-refractivity contribution is 7.07. The highest BCUT2D eigenvalue weighted by Crippen LogP contribution is 2.32. The van der Waals surface area contributed by atoms with Crippen molar-refractivity contribution in [3.63, 3.8) is 0 Å². The van der Waals surface area contributed by atoms with Crippen molar-refractivity contribution in [3.8, 4) is 5.75 Å². The summed E-state index contributed by atoms with van der Waals surface area (Å²) < 4.78 is 12.9. The van der Waals surface area contributed by atoms with Gasteiger partial charge in [-0.15, -0.1) is 0 Å². The molecule has 0 radical (unpaired) electrons. The molecule has 0 N–H and O–H groups in total. The van der Waals surface area contributed by atoms with Crippen LogP contribution in [0.15, 0.2) is 99.9 Å². The second-order valence-corrected chi connectivity index (χ2v) is 10.3. The van der Waals surface area contributed by atoms with Gasteiger partial charge in [0.05, 0.1) is 35.6 Å². The minimum Gasteiger partial charge on any atom is -0.497 e. The van der Waals surface area contributed by atoms with Crippen molar-refractivity contribution in [1.29, 1.82) is 0 Å². The lowest BCUT2D eigenvalue weighted by atomic mass is 9.95. The number of rotatable bonds is 5. The van der Waals surface area contributed by atoms with E-state index in [4.69, 9.17) is 14.5 Å². The van der Waals surface area contributed by atoms with E-state index in [2.05, 4.69) is 30.3 Å². The molecule has 2 heterocycles. The molecule has 0 bridgehead atoms. The number of hydrogen-bond donors (Lipinski definition) is 0. The maximum atomic E-state index is 14.1. The van der Waals surface area contributed by atoms with E-state index in [0.717, 1.165) is 32.7 Å². The topological polar surface area (TPSA) is 69.9 Å². The Morgan fingerprint density at radius 2 is 1.64 bits per heavy atom. The number of esters is 1. The van der Waals surface area contributed by atoms with E-state index in [1.54, 1.807) is 25.5 Å². The monoisotopic (exact) mass is 534 g/mol. The van der Waals surface area contributed by atoms with Crippen LogP contribution in [0.2, 0.25) is 0 Å². The van der Waals surface area contributed by atoms with Crippen molar-refractivity contribution < 1.29 is 14.3 Å². The first-order valence-electron chi connectivity index (χ1n) is 12.7. The van der Waals surface area contributed by atoms with Crippen LogP contribution in [-0.2, 0) is 9.53 Å². The Bertz CT molecular complexity index is 1910. The largest absolute Gasteiger partial charge is 0.497 e. The zero-order chi connectivity index (χ0) is 27.1. The van der Waals surface area contributed by atoms with Gasteiger partial charge in [0.2, 0.25) is 0 Å². The number of ether oxygens (including phenoxy) is 2. The van der Waals surface area contributed by atoms with E-state index < -0.39 is 12.0 Å². The van der Waals surface area contributed by atoms with Gasteiger partial charge in [0.25, 0.3) is 5.56 Å². The summed E-state index contributed by atoms with van der Waals surface area (Å²) in [6.45, 7) is 3.78. The van der Waals surface area contributed by atoms with Gasteiger partial charge < -0.3 is 9.47 Å². The number of aromatic nitrogens is 1. The van der Waals surface area contributed by atoms with Gasteiger partial charge in [0, 0.05) is 0 Å². The molecule has 6 rings (SSSR count). The molecule has 0 aliphatic carbocycles. The van der Waals surface area contributed by atoms with Crippen LogP contribution in [0, 0.1) is 0 Å². The molecule has 1 aliphatic heterocycles. The SMILES string of the molecule is CCOC(=O)C1=C(C)N=c2s/c(=C\c3c4ccccc4cc4ccccc34)c(=O)n2[C@H]1c1ccc(OC)cc1. The first kappa shape index (κ1) is 24.8. The summed E-state index contributed by atoms with van der Waals surface area (Å²) in [7, 11) is 1.60. The summed E-state index contributed by atoms with van der Waals surface area (Å²) in [5.41, 5.74) is 2.45. The van der Waals surface area contributed by atoms with Crippen LogP contribution in [0.3, 0.4) is 0 Å². The fourth-order valence-corrected chi connectivity index (χ4v) is 6.26. The maximum absolute atomic E-state index is 14.1. The lowest BCUT2D eigenvalue weighted by Gasteiger charge is -2.24. The highest BCUT2D eigenvalue weighted by Gasteiger charge is 2.33. The number of allylic oxidation sites excluding steroid dienone is 1. The molecule has 1 aliphatic rings. The predicted octanol–water partition coefficient (Wildman–Crippen LogP) is 5.11. The fourth-order valence-electron chi connectivity index (χ4n) is 5.23. The van der Waals surface area contributed by atoms with Gasteiger partial charge in [-0.2, -0.15) is 0 Å². The summed E-state index contributed by atoms with van der Waals surface area (Å²) in [5, 5.41) is 4.34. The zero-order valence-electron chi connectivity index (χ0n) is 21.8. The van der Waals surface area contributed by atoms with Gasteiger partial charge in [0.1, 0.15) is 5.75 Å². The van der Waals surface area contributed by atoms with Crippen LogP contribution in [0.4, 0.5) is 0 Å². The Morgan fingerprint density at radius 3 is 2.26 bits per heavy atom. The first-order chi connectivity index (χ1) is 19.0. The highest BCUT2D eigenvalue weighted by atomic mass is 32.1. The standard InChI is InChI=1S/C32H26N2O4S/c1-4-38-31(36)28-19(2)33-32-34(29(28)20-13-15-23(37-3)16-14-20)30(35)27(39-32)18-26-24-11-7-5-9-21(24)17-22-10-6-8-12-25(22)26/h5-18,29H,4H2,1-3H3/b27-18-/t29-/m0/s1. The van der Waals surface area contributed by atoms with Crippen LogP contribution in [0.5, 0.6) is 5.75 Å². The van der Waals surface area contributed by atoms with Crippen molar-refractivity contribution in [2.45, 2.75) is 19.9 Å². The second-order valence-electron chi connectivity index (χ2n) is 9.31. The normalized spacial score (nSPS) is 15.4. The average molecular weight is 535 g/mol. The van der Waals surface area contributed by atoms with Gasteiger partial charge in [-0.05, 0) is 70.8 Å². The van der Waals surface area contributed by atoms with E-state index >= 15 is 0 Å². The molecule has 7 heteroatoms. The molecule has 1 aromatic heterocycles. The third-order valence-electron chi connectivity index (χ3n) is 7.04. The Labute approximate surface area is 228 Å². The molecule has 0 saturated heterocycles. The van der Waals surface area contributed by atoms with Crippen molar-refractivity contribution in [1.82, 2.24) is 4.57 Å². The second kappa shape index (κ2) is 10.0. The molecule has 0 amide bonds. The molecule has 5 aromatic rings. The number of fused-ring (bicyclic) bond motifs is 3. The van der Waals surface area contributed by atoms with Crippen LogP contribution in [0.1, 0.15) is 31.0 Å². The van der Waals surface area contributed by atoms with Gasteiger partial charge in [-0.3, -0.25) is 9.36 Å². The quantitative estimate of drug-likeness (QED) is 0.232. The van der Waals surface area contributed by atoms with Crippen LogP contribution < -0.4 is 19.6 Å². The Hall–Kier alpha value is -4.49. The Morgan fingerprint density at radius 1 is 1.00 bits per heavy atom. The third kappa shape index (κ3) is 4.25. The van der Waals surface area contributed by atoms with Crippen molar-refractivity contribution in [3.05, 3.63) is 121 Å². The number of thiazole rings is 1. The maximum Gasteiger partial charge on any atom is 0.338 e. The Kier molecular flexibility index (Phi) is 6.37. The lowest BCUT2D eigenvalue weighted by molar-refractivity contribution is -0.139. The average Bonchev–Trinajstić information content (AvgIpc) is 3.26. The fraction of sp³-hybridized carbons (Fsp3) is 0.156. The van der Waals surface area contributed by atoms with E-state index in [1.807, 2.05) is 54.6 Å². The summed E-state index contributed by atoms with van der Waals surface area (Å²) in [6.07, 6.45) is 1.96. The van der Waals surface area contributed by atoms with Crippen molar-refractivity contribution >= 4 is 44.9 Å². The van der Waals surface area contributed by atoms with Crippen LogP contribution >= 0.6 is 11.3 Å². The molecular formula is C32H26N2O4S. The summed E-state index contributed by atoms with van der Waals surface area (Å²) in [5.74, 6) is 0.210. The zero-order valence-corrected chi connectivity index (χ0v) is 22.6. The molecule has 0 fully saturated rings. The molecule has 6 nitrogen and oxygen atoms in total. The number of methoxy groups -OCH3 is 1. The molecule has 194 valence electrons. The number of hydrogen-bond acceptors (Lipinski definition) is 6. The number of benzene rings is 4. The number of carbonyl (C=O) groups excluding carboxylic acids is 1. The van der Waals surface area contributed by atoms with Gasteiger partial charge >= 0.3 is 5.97 Å². The predicted molar refractivity (Wildman–Crippen MR) is 155 cm³/mol. The lowest BCUT2D eigenvalue weighted by Crippen LogP contribution is -2.39. The van der Waals surface area contributed by atoms with Crippen molar-refractivity contribution in [2.24, 2.45) is 4.99 Å². The van der Waals surface area contributed by atoms with Gasteiger partial charge in [0.15, 0.2) is 4.80 Å². The number of nitrogens with zero attached hydrogens (tertiary/aromatic N) is 2. The minimum atomic E-state index is -0.669. The van der Waals surface area contributed by atoms with E-state index in [0.29, 0.717) is 26.4 Å². The minimum absolute atomic E-state index is 0.203. The molecule has 4 aromatic carbocycles. The summed E-state index contributed by atoms with van der Waals surface area (Å²) in [6, 6.07) is 25.3. The van der Waals surface area contributed by atoms with E-state index in [9.17, 15) is 9.59 Å². The number of carbonyl (C=O) groups is 1. The van der Waals surface area contributed by atoms with Gasteiger partial charge in [-0.1, -0.05) is 72.0 Å². The molecule has 39 heavy (non-hydrogen) atoms. The van der Waals surface area contributed by atoms with Crippen LogP contribution in [0.25, 0.3) is 27.6 Å². The van der Waals surface area contributed by atoms with E-state index in [1.165, 1.54) is 11.3 Å². The smallest absolute Gasteiger partial charge is 0.338 e. The van der Waals surface area contributed by atoms with Crippen molar-refractivity contribution in [2.75, 3.05) is 13.7 Å². The first-order valence-corrected chi connectivity index (χ1v) is 13.6. The molecule has 0 spiro atoms. The molecule has 0 unspecified atom stereocenters. The van der Waals surface area contributed by atoms with E-state index in [-0.39, 0.29) is 12.2 Å². The van der Waals surface area contributed by atoms with Crippen LogP contribution in [-0.4, -0.2) is 24.3 Å². The third-order valence-corrected chi connectivity index (χ3v) is 8.02. The summed E-state index contributed by atoms with van der Waals surface area (Å²) in [4.78, 5) is 32.5. The van der Waals surface area contributed by atoms with Gasteiger partial charge in [-0.25, -0.2) is 9.79 Å². The Balaban J connectivity index is 1.63. The molecule has 1 atom stereocenters. The molecular weight excluding hydrogens is 508 g/mol. The summed E-state index contributed by atoms with van der Waals surface area (Å²) >= 11 is 1.33. The molecule has 0 saturated carbocycles.